The average Bonchev–Trinajstić information content (AvgIpc) is 2.48. The van der Waals surface area contributed by atoms with Crippen molar-refractivity contribution in [2.75, 3.05) is 40.5 Å². The van der Waals surface area contributed by atoms with Gasteiger partial charge in [0.2, 0.25) is 0 Å². The van der Waals surface area contributed by atoms with E-state index in [-0.39, 0.29) is 6.09 Å². The molecule has 0 radical (unpaired) electrons. The second kappa shape index (κ2) is 10.2. The molecule has 1 aromatic rings. The lowest BCUT2D eigenvalue weighted by atomic mass is 10.1. The van der Waals surface area contributed by atoms with Gasteiger partial charge in [-0.2, -0.15) is 0 Å². The Balaban J connectivity index is 2.63. The zero-order valence-electron chi connectivity index (χ0n) is 13.1. The molecule has 0 aliphatic heterocycles. The van der Waals surface area contributed by atoms with Gasteiger partial charge < -0.3 is 19.1 Å². The van der Waals surface area contributed by atoms with Crippen LogP contribution in [0.3, 0.4) is 0 Å². The Morgan fingerprint density at radius 3 is 2.38 bits per heavy atom. The summed E-state index contributed by atoms with van der Waals surface area (Å²) in [5, 5.41) is 0. The van der Waals surface area contributed by atoms with Gasteiger partial charge in [0, 0.05) is 27.3 Å². The molecular formula is C16H25NO4. The van der Waals surface area contributed by atoms with E-state index in [9.17, 15) is 4.79 Å². The number of aryl methyl sites for hydroxylation is 1. The van der Waals surface area contributed by atoms with E-state index in [0.29, 0.717) is 32.1 Å². The first-order valence-electron chi connectivity index (χ1n) is 7.24. The summed E-state index contributed by atoms with van der Waals surface area (Å²) in [6, 6.07) is 7.64. The minimum absolute atomic E-state index is 0.377. The van der Waals surface area contributed by atoms with Gasteiger partial charge >= 0.3 is 6.09 Å². The molecule has 0 saturated heterocycles. The van der Waals surface area contributed by atoms with Crippen LogP contribution in [0.2, 0.25) is 0 Å². The zero-order valence-corrected chi connectivity index (χ0v) is 13.1. The Hall–Kier alpha value is -1.59. The Morgan fingerprint density at radius 1 is 1.14 bits per heavy atom. The fraction of sp³-hybridized carbons (Fsp3) is 0.562. The third-order valence-electron chi connectivity index (χ3n) is 3.03. The van der Waals surface area contributed by atoms with Crippen LogP contribution in [-0.2, 0) is 15.9 Å². The van der Waals surface area contributed by atoms with Gasteiger partial charge in [-0.05, 0) is 24.1 Å². The normalized spacial score (nSPS) is 10.4. The van der Waals surface area contributed by atoms with Crippen LogP contribution in [0.25, 0.3) is 0 Å². The van der Waals surface area contributed by atoms with E-state index in [4.69, 9.17) is 14.2 Å². The third-order valence-corrected chi connectivity index (χ3v) is 3.03. The van der Waals surface area contributed by atoms with E-state index in [1.54, 1.807) is 25.2 Å². The smallest absolute Gasteiger partial charge is 0.410 e. The maximum absolute atomic E-state index is 12.2. The summed E-state index contributed by atoms with van der Waals surface area (Å²) in [7, 11) is 3.21. The van der Waals surface area contributed by atoms with Crippen molar-refractivity contribution in [3.05, 3.63) is 29.8 Å². The molecule has 5 heteroatoms. The molecule has 1 rings (SSSR count). The first-order valence-corrected chi connectivity index (χ1v) is 7.24. The van der Waals surface area contributed by atoms with Crippen molar-refractivity contribution >= 4 is 6.09 Å². The van der Waals surface area contributed by atoms with Gasteiger partial charge in [0.15, 0.2) is 0 Å². The van der Waals surface area contributed by atoms with Crippen LogP contribution in [0.1, 0.15) is 18.9 Å². The van der Waals surface area contributed by atoms with Gasteiger partial charge in [-0.15, -0.1) is 0 Å². The average molecular weight is 295 g/mol. The standard InChI is InChI=1S/C16H25NO4/c1-4-6-14-7-5-8-15(13-14)21-16(18)17(9-11-19-2)10-12-20-3/h5,7-8,13H,4,6,9-12H2,1-3H3. The summed E-state index contributed by atoms with van der Waals surface area (Å²) >= 11 is 0. The van der Waals surface area contributed by atoms with E-state index >= 15 is 0 Å². The Labute approximate surface area is 126 Å². The van der Waals surface area contributed by atoms with E-state index < -0.39 is 0 Å². The highest BCUT2D eigenvalue weighted by atomic mass is 16.6. The molecule has 118 valence electrons. The van der Waals surface area contributed by atoms with Crippen molar-refractivity contribution in [1.29, 1.82) is 0 Å². The van der Waals surface area contributed by atoms with Gasteiger partial charge in [0.1, 0.15) is 5.75 Å². The molecule has 0 N–H and O–H groups in total. The molecule has 0 saturated carbocycles. The summed E-state index contributed by atoms with van der Waals surface area (Å²) in [5.74, 6) is 0.575. The number of methoxy groups -OCH3 is 2. The van der Waals surface area contributed by atoms with Gasteiger partial charge in [-0.25, -0.2) is 4.79 Å². The summed E-state index contributed by atoms with van der Waals surface area (Å²) in [4.78, 5) is 13.8. The Bertz CT molecular complexity index is 414. The highest BCUT2D eigenvalue weighted by Gasteiger charge is 2.15. The predicted octanol–water partition coefficient (Wildman–Crippen LogP) is 2.73. The molecule has 5 nitrogen and oxygen atoms in total. The molecule has 0 atom stereocenters. The quantitative estimate of drug-likeness (QED) is 0.703. The summed E-state index contributed by atoms with van der Waals surface area (Å²) in [5.41, 5.74) is 1.17. The molecule has 0 aliphatic rings. The van der Waals surface area contributed by atoms with Crippen LogP contribution in [0.5, 0.6) is 5.75 Å². The highest BCUT2D eigenvalue weighted by molar-refractivity contribution is 5.70. The third kappa shape index (κ3) is 6.60. The van der Waals surface area contributed by atoms with Crippen LogP contribution in [0.4, 0.5) is 4.79 Å². The van der Waals surface area contributed by atoms with E-state index in [0.717, 1.165) is 12.8 Å². The Kier molecular flexibility index (Phi) is 8.47. The molecule has 0 spiro atoms. The topological polar surface area (TPSA) is 48.0 Å². The summed E-state index contributed by atoms with van der Waals surface area (Å²) in [6.07, 6.45) is 1.66. The molecule has 0 unspecified atom stereocenters. The number of benzene rings is 1. The summed E-state index contributed by atoms with van der Waals surface area (Å²) in [6.45, 7) is 4.01. The molecule has 21 heavy (non-hydrogen) atoms. The number of ether oxygens (including phenoxy) is 3. The van der Waals surface area contributed by atoms with Gasteiger partial charge in [0.05, 0.1) is 13.2 Å². The molecule has 0 aliphatic carbocycles. The maximum Gasteiger partial charge on any atom is 0.415 e. The lowest BCUT2D eigenvalue weighted by Crippen LogP contribution is -2.38. The van der Waals surface area contributed by atoms with Gasteiger partial charge in [0.25, 0.3) is 0 Å². The van der Waals surface area contributed by atoms with Crippen molar-refractivity contribution in [2.45, 2.75) is 19.8 Å². The number of amides is 1. The monoisotopic (exact) mass is 295 g/mol. The van der Waals surface area contributed by atoms with Crippen molar-refractivity contribution in [3.63, 3.8) is 0 Å². The van der Waals surface area contributed by atoms with Crippen LogP contribution in [-0.4, -0.2) is 51.5 Å². The van der Waals surface area contributed by atoms with E-state index in [1.165, 1.54) is 5.56 Å². The number of nitrogens with zero attached hydrogens (tertiary/aromatic N) is 1. The van der Waals surface area contributed by atoms with Crippen LogP contribution < -0.4 is 4.74 Å². The SMILES string of the molecule is CCCc1cccc(OC(=O)N(CCOC)CCOC)c1. The summed E-state index contributed by atoms with van der Waals surface area (Å²) < 4.78 is 15.5. The number of rotatable bonds is 9. The largest absolute Gasteiger partial charge is 0.415 e. The lowest BCUT2D eigenvalue weighted by molar-refractivity contribution is 0.102. The number of carbonyl (C=O) groups is 1. The molecule has 1 aromatic carbocycles. The minimum atomic E-state index is -0.377. The first-order chi connectivity index (χ1) is 10.2. The maximum atomic E-state index is 12.2. The van der Waals surface area contributed by atoms with Crippen LogP contribution in [0.15, 0.2) is 24.3 Å². The van der Waals surface area contributed by atoms with Crippen molar-refractivity contribution in [1.82, 2.24) is 4.90 Å². The number of hydrogen-bond donors (Lipinski definition) is 0. The molecular weight excluding hydrogens is 270 g/mol. The van der Waals surface area contributed by atoms with Crippen LogP contribution >= 0.6 is 0 Å². The number of carbonyl (C=O) groups excluding carboxylic acids is 1. The van der Waals surface area contributed by atoms with Gasteiger partial charge in [-0.3, -0.25) is 0 Å². The van der Waals surface area contributed by atoms with Crippen molar-refractivity contribution in [3.8, 4) is 5.75 Å². The van der Waals surface area contributed by atoms with E-state index in [2.05, 4.69) is 6.92 Å². The fourth-order valence-corrected chi connectivity index (χ4v) is 1.92. The molecule has 0 fully saturated rings. The predicted molar refractivity (Wildman–Crippen MR) is 81.8 cm³/mol. The minimum Gasteiger partial charge on any atom is -0.410 e. The molecule has 1 amide bonds. The zero-order chi connectivity index (χ0) is 15.5. The second-order valence-electron chi connectivity index (χ2n) is 4.74. The lowest BCUT2D eigenvalue weighted by Gasteiger charge is -2.21. The molecule has 0 bridgehead atoms. The van der Waals surface area contributed by atoms with Crippen LogP contribution in [0, 0.1) is 0 Å². The molecule has 0 heterocycles. The first kappa shape index (κ1) is 17.5. The fourth-order valence-electron chi connectivity index (χ4n) is 1.92. The van der Waals surface area contributed by atoms with E-state index in [1.807, 2.05) is 18.2 Å². The second-order valence-corrected chi connectivity index (χ2v) is 4.74. The highest BCUT2D eigenvalue weighted by Crippen LogP contribution is 2.15. The van der Waals surface area contributed by atoms with Crippen molar-refractivity contribution < 1.29 is 19.0 Å². The van der Waals surface area contributed by atoms with Gasteiger partial charge in [-0.1, -0.05) is 25.5 Å². The number of hydrogen-bond acceptors (Lipinski definition) is 4. The Morgan fingerprint density at radius 2 is 1.81 bits per heavy atom. The van der Waals surface area contributed by atoms with Crippen molar-refractivity contribution in [2.24, 2.45) is 0 Å². The molecule has 0 aromatic heterocycles.